The summed E-state index contributed by atoms with van der Waals surface area (Å²) in [5.74, 6) is 0.0958. The molecule has 0 atom stereocenters. The third-order valence-corrected chi connectivity index (χ3v) is 3.94. The minimum atomic E-state index is 0.0958. The molecule has 4 heteroatoms. The Morgan fingerprint density at radius 2 is 1.73 bits per heavy atom. The molecule has 2 heterocycles. The molecule has 0 bridgehead atoms. The number of carbonyl (C=O) groups is 1. The van der Waals surface area contributed by atoms with Crippen molar-refractivity contribution in [2.45, 2.75) is 13.0 Å². The third kappa shape index (κ3) is 3.71. The van der Waals surface area contributed by atoms with Crippen molar-refractivity contribution >= 4 is 5.91 Å². The predicted molar refractivity (Wildman–Crippen MR) is 83.5 cm³/mol. The smallest absolute Gasteiger partial charge is 0.254 e. The largest absolute Gasteiger partial charge is 0.378 e. The Balaban J connectivity index is 1.59. The third-order valence-electron chi connectivity index (χ3n) is 3.94. The van der Waals surface area contributed by atoms with Crippen molar-refractivity contribution in [1.29, 1.82) is 0 Å². The summed E-state index contributed by atoms with van der Waals surface area (Å²) in [5, 5.41) is 0. The zero-order chi connectivity index (χ0) is 15.2. The van der Waals surface area contributed by atoms with Crippen LogP contribution in [0, 0.1) is 0 Å². The van der Waals surface area contributed by atoms with Crippen LogP contribution in [0.3, 0.4) is 0 Å². The van der Waals surface area contributed by atoms with Crippen LogP contribution in [0.1, 0.15) is 15.9 Å². The number of aryl methyl sites for hydroxylation is 2. The van der Waals surface area contributed by atoms with Gasteiger partial charge in [-0.2, -0.15) is 0 Å². The molecule has 2 aromatic rings. The van der Waals surface area contributed by atoms with Gasteiger partial charge in [-0.25, -0.2) is 4.57 Å². The number of hydrogen-bond donors (Lipinski definition) is 0. The van der Waals surface area contributed by atoms with Gasteiger partial charge in [0.2, 0.25) is 0 Å². The molecule has 1 aliphatic rings. The molecule has 0 aliphatic carbocycles. The topological polar surface area (TPSA) is 33.4 Å². The van der Waals surface area contributed by atoms with Crippen molar-refractivity contribution in [2.24, 2.45) is 0 Å². The number of pyridine rings is 1. The van der Waals surface area contributed by atoms with Gasteiger partial charge in [0.15, 0.2) is 18.9 Å². The zero-order valence-electron chi connectivity index (χ0n) is 12.6. The van der Waals surface area contributed by atoms with Crippen molar-refractivity contribution in [3.05, 3.63) is 66.0 Å². The van der Waals surface area contributed by atoms with E-state index in [9.17, 15) is 4.79 Å². The number of aromatic nitrogens is 1. The Labute approximate surface area is 131 Å². The van der Waals surface area contributed by atoms with Crippen molar-refractivity contribution in [3.8, 4) is 0 Å². The highest BCUT2D eigenvalue weighted by Crippen LogP contribution is 2.06. The first-order valence-corrected chi connectivity index (χ1v) is 7.73. The van der Waals surface area contributed by atoms with Crippen molar-refractivity contribution in [2.75, 3.05) is 26.3 Å². The highest BCUT2D eigenvalue weighted by Gasteiger charge is 2.19. The van der Waals surface area contributed by atoms with Crippen LogP contribution in [0.25, 0.3) is 0 Å². The molecule has 4 nitrogen and oxygen atoms in total. The van der Waals surface area contributed by atoms with Gasteiger partial charge in [0.1, 0.15) is 0 Å². The average molecular weight is 297 g/mol. The predicted octanol–water partition coefficient (Wildman–Crippen LogP) is 1.69. The van der Waals surface area contributed by atoms with E-state index in [1.54, 1.807) is 0 Å². The lowest BCUT2D eigenvalue weighted by Crippen LogP contribution is -2.41. The molecule has 1 aliphatic heterocycles. The summed E-state index contributed by atoms with van der Waals surface area (Å²) in [6.07, 6.45) is 4.95. The molecule has 0 radical (unpaired) electrons. The highest BCUT2D eigenvalue weighted by atomic mass is 16.5. The summed E-state index contributed by atoms with van der Waals surface area (Å²) in [6.45, 7) is 3.55. The van der Waals surface area contributed by atoms with Crippen LogP contribution in [0.15, 0.2) is 54.9 Å². The quantitative estimate of drug-likeness (QED) is 0.805. The molecule has 0 saturated carbocycles. The number of hydrogen-bond acceptors (Lipinski definition) is 2. The summed E-state index contributed by atoms with van der Waals surface area (Å²) >= 11 is 0. The standard InChI is InChI=1S/C18H21N2O2/c21-18(20-12-14-22-15-13-20)17-7-10-19(11-8-17)9-6-16-4-2-1-3-5-16/h1-5,7-8,10-11H,6,9,12-15H2/q+1. The van der Waals surface area contributed by atoms with Crippen LogP contribution < -0.4 is 4.57 Å². The average Bonchev–Trinajstić information content (AvgIpc) is 2.61. The van der Waals surface area contributed by atoms with Gasteiger partial charge >= 0.3 is 0 Å². The van der Waals surface area contributed by atoms with E-state index in [0.29, 0.717) is 26.3 Å². The number of carbonyl (C=O) groups excluding carboxylic acids is 1. The van der Waals surface area contributed by atoms with Crippen LogP contribution in [0.2, 0.25) is 0 Å². The summed E-state index contributed by atoms with van der Waals surface area (Å²) in [7, 11) is 0. The van der Waals surface area contributed by atoms with Crippen LogP contribution in [-0.4, -0.2) is 37.1 Å². The fourth-order valence-corrected chi connectivity index (χ4v) is 2.60. The van der Waals surface area contributed by atoms with Crippen LogP contribution in [0.5, 0.6) is 0 Å². The van der Waals surface area contributed by atoms with Crippen molar-refractivity contribution in [3.63, 3.8) is 0 Å². The fraction of sp³-hybridized carbons (Fsp3) is 0.333. The maximum atomic E-state index is 12.4. The normalized spacial score (nSPS) is 14.8. The molecule has 1 aromatic carbocycles. The molecule has 1 aromatic heterocycles. The molecule has 114 valence electrons. The number of rotatable bonds is 4. The molecule has 1 saturated heterocycles. The minimum Gasteiger partial charge on any atom is -0.378 e. The number of benzene rings is 1. The lowest BCUT2D eigenvalue weighted by Gasteiger charge is -2.26. The summed E-state index contributed by atoms with van der Waals surface area (Å²) in [6, 6.07) is 14.2. The molecule has 1 amide bonds. The van der Waals surface area contributed by atoms with Gasteiger partial charge in [0.05, 0.1) is 18.8 Å². The molecule has 1 fully saturated rings. The first-order valence-electron chi connectivity index (χ1n) is 7.73. The molecule has 3 rings (SSSR count). The molecule has 0 unspecified atom stereocenters. The van der Waals surface area contributed by atoms with E-state index in [1.165, 1.54) is 5.56 Å². The van der Waals surface area contributed by atoms with Gasteiger partial charge < -0.3 is 9.64 Å². The van der Waals surface area contributed by atoms with Crippen LogP contribution >= 0.6 is 0 Å². The Bertz CT molecular complexity index is 605. The number of nitrogens with zero attached hydrogens (tertiary/aromatic N) is 2. The van der Waals surface area contributed by atoms with Crippen molar-refractivity contribution in [1.82, 2.24) is 4.90 Å². The van der Waals surface area contributed by atoms with E-state index in [1.807, 2.05) is 35.5 Å². The zero-order valence-corrected chi connectivity index (χ0v) is 12.6. The van der Waals surface area contributed by atoms with Gasteiger partial charge in [-0.05, 0) is 5.56 Å². The molecule has 22 heavy (non-hydrogen) atoms. The number of ether oxygens (including phenoxy) is 1. The molecule has 0 N–H and O–H groups in total. The van der Waals surface area contributed by atoms with Gasteiger partial charge in [0, 0.05) is 31.6 Å². The first-order chi connectivity index (χ1) is 10.8. The summed E-state index contributed by atoms with van der Waals surface area (Å²) in [4.78, 5) is 14.2. The maximum Gasteiger partial charge on any atom is 0.254 e. The molecule has 0 spiro atoms. The Morgan fingerprint density at radius 3 is 2.41 bits per heavy atom. The van der Waals surface area contributed by atoms with E-state index >= 15 is 0 Å². The van der Waals surface area contributed by atoms with Gasteiger partial charge in [-0.15, -0.1) is 0 Å². The maximum absolute atomic E-state index is 12.4. The van der Waals surface area contributed by atoms with Gasteiger partial charge in [-0.1, -0.05) is 30.3 Å². The van der Waals surface area contributed by atoms with Crippen LogP contribution in [-0.2, 0) is 17.7 Å². The van der Waals surface area contributed by atoms with Crippen LogP contribution in [0.4, 0.5) is 0 Å². The minimum absolute atomic E-state index is 0.0958. The second kappa shape index (κ2) is 7.18. The Hall–Kier alpha value is -2.20. The lowest BCUT2D eigenvalue weighted by molar-refractivity contribution is -0.696. The second-order valence-electron chi connectivity index (χ2n) is 5.46. The monoisotopic (exact) mass is 297 g/mol. The summed E-state index contributed by atoms with van der Waals surface area (Å²) in [5.41, 5.74) is 2.07. The molecular formula is C18H21N2O2+. The van der Waals surface area contributed by atoms with Gasteiger partial charge in [0.25, 0.3) is 5.91 Å². The van der Waals surface area contributed by atoms with Crippen molar-refractivity contribution < 1.29 is 14.1 Å². The van der Waals surface area contributed by atoms with Gasteiger partial charge in [-0.3, -0.25) is 4.79 Å². The number of morpholine rings is 1. The van der Waals surface area contributed by atoms with E-state index < -0.39 is 0 Å². The first kappa shape index (κ1) is 14.7. The molecular weight excluding hydrogens is 276 g/mol. The van der Waals surface area contributed by atoms with E-state index in [2.05, 4.69) is 28.8 Å². The second-order valence-corrected chi connectivity index (χ2v) is 5.46. The highest BCUT2D eigenvalue weighted by molar-refractivity contribution is 5.94. The Kier molecular flexibility index (Phi) is 4.81. The fourth-order valence-electron chi connectivity index (χ4n) is 2.60. The number of amides is 1. The van der Waals surface area contributed by atoms with E-state index in [-0.39, 0.29) is 5.91 Å². The SMILES string of the molecule is O=C(c1cc[n+](CCc2ccccc2)cc1)N1CCOCC1. The lowest BCUT2D eigenvalue weighted by atomic mass is 10.1. The summed E-state index contributed by atoms with van der Waals surface area (Å²) < 4.78 is 7.40. The Morgan fingerprint density at radius 1 is 1.05 bits per heavy atom. The van der Waals surface area contributed by atoms with E-state index in [0.717, 1.165) is 18.5 Å². The van der Waals surface area contributed by atoms with E-state index in [4.69, 9.17) is 4.74 Å².